The first-order valence-electron chi connectivity index (χ1n) is 16.8. The van der Waals surface area contributed by atoms with Gasteiger partial charge in [0.25, 0.3) is 0 Å². The monoisotopic (exact) mass is 708 g/mol. The van der Waals surface area contributed by atoms with Crippen molar-refractivity contribution in [3.05, 3.63) is 59.7 Å². The van der Waals surface area contributed by atoms with E-state index in [0.717, 1.165) is 37.0 Å². The Morgan fingerprint density at radius 2 is 1.50 bits per heavy atom. The Labute approximate surface area is 287 Å². The van der Waals surface area contributed by atoms with Gasteiger partial charge in [0.05, 0.1) is 24.4 Å². The normalized spacial score (nSPS) is 23.3. The molecule has 0 bridgehead atoms. The maximum absolute atomic E-state index is 14.0. The van der Waals surface area contributed by atoms with E-state index in [1.165, 1.54) is 7.11 Å². The number of likely N-dealkylation sites (tertiary alicyclic amines) is 1. The van der Waals surface area contributed by atoms with E-state index in [0.29, 0.717) is 37.7 Å². The van der Waals surface area contributed by atoms with Gasteiger partial charge in [-0.15, -0.1) is 0 Å². The van der Waals surface area contributed by atoms with E-state index in [-0.39, 0.29) is 59.9 Å². The zero-order chi connectivity index (χ0) is 36.4. The number of benzene rings is 1. The van der Waals surface area contributed by atoms with Gasteiger partial charge in [-0.2, -0.15) is 31.4 Å². The van der Waals surface area contributed by atoms with Gasteiger partial charge in [-0.25, -0.2) is 9.97 Å². The maximum Gasteiger partial charge on any atom is 0.416 e. The minimum atomic E-state index is -4.99. The molecule has 1 amide bonds. The number of piperidine rings is 1. The first-order valence-corrected chi connectivity index (χ1v) is 16.8. The van der Waals surface area contributed by atoms with Crippen LogP contribution in [0.2, 0.25) is 0 Å². The Balaban J connectivity index is 1.41. The molecule has 3 unspecified atom stereocenters. The summed E-state index contributed by atoms with van der Waals surface area (Å²) in [5.74, 6) is -0.132. The van der Waals surface area contributed by atoms with Gasteiger partial charge in [-0.3, -0.25) is 14.3 Å². The van der Waals surface area contributed by atoms with Crippen LogP contribution in [-0.4, -0.2) is 61.8 Å². The first kappa shape index (κ1) is 37.1. The summed E-state index contributed by atoms with van der Waals surface area (Å²) in [4.78, 5) is 38.4. The molecular weight excluding hydrogens is 666 g/mol. The van der Waals surface area contributed by atoms with Crippen LogP contribution in [0.3, 0.4) is 0 Å². The van der Waals surface area contributed by atoms with Crippen molar-refractivity contribution in [3.63, 3.8) is 0 Å². The van der Waals surface area contributed by atoms with Crippen molar-refractivity contribution in [2.24, 2.45) is 18.9 Å². The minimum absolute atomic E-state index is 0.0264. The fourth-order valence-electron chi connectivity index (χ4n) is 7.45. The summed E-state index contributed by atoms with van der Waals surface area (Å²) >= 11 is 0. The predicted octanol–water partition coefficient (Wildman–Crippen LogP) is 7.45. The number of halogens is 6. The summed E-state index contributed by atoms with van der Waals surface area (Å²) in [7, 11) is 3.11. The average Bonchev–Trinajstić information content (AvgIpc) is 3.35. The highest BCUT2D eigenvalue weighted by molar-refractivity contribution is 5.79. The molecular formula is C35H42F6N6O3. The van der Waals surface area contributed by atoms with Crippen LogP contribution < -0.4 is 4.90 Å². The Hall–Kier alpha value is -4.17. The highest BCUT2D eigenvalue weighted by Crippen LogP contribution is 2.39. The van der Waals surface area contributed by atoms with Gasteiger partial charge < -0.3 is 14.5 Å². The molecule has 2 fully saturated rings. The Morgan fingerprint density at radius 1 is 0.880 bits per heavy atom. The maximum atomic E-state index is 14.0. The summed E-state index contributed by atoms with van der Waals surface area (Å²) in [5.41, 5.74) is -1.60. The van der Waals surface area contributed by atoms with Crippen LogP contribution in [0.15, 0.2) is 43.0 Å². The smallest absolute Gasteiger partial charge is 0.416 e. The summed E-state index contributed by atoms with van der Waals surface area (Å²) in [6, 6.07) is 0.612. The molecule has 1 aliphatic heterocycles. The zero-order valence-electron chi connectivity index (χ0n) is 28.5. The van der Waals surface area contributed by atoms with Gasteiger partial charge in [-0.05, 0) is 82.1 Å². The van der Waals surface area contributed by atoms with Gasteiger partial charge in [0.2, 0.25) is 11.9 Å². The summed E-state index contributed by atoms with van der Waals surface area (Å²) in [6.07, 6.45) is 1.37. The number of carbonyl (C=O) groups excluding carboxylic acids is 2. The van der Waals surface area contributed by atoms with Crippen molar-refractivity contribution in [1.82, 2.24) is 24.6 Å². The van der Waals surface area contributed by atoms with E-state index in [4.69, 9.17) is 4.74 Å². The average molecular weight is 709 g/mol. The first-order chi connectivity index (χ1) is 23.5. The van der Waals surface area contributed by atoms with Crippen molar-refractivity contribution in [1.29, 1.82) is 0 Å². The molecule has 3 aromatic rings. The molecule has 3 heterocycles. The number of amides is 1. The van der Waals surface area contributed by atoms with Gasteiger partial charge in [-0.1, -0.05) is 6.42 Å². The number of rotatable bonds is 8. The van der Waals surface area contributed by atoms with E-state index < -0.39 is 29.5 Å². The third kappa shape index (κ3) is 8.76. The Bertz CT molecular complexity index is 1600. The number of nitrogens with zero attached hydrogens (tertiary/aromatic N) is 6. The SMILES string of the molecule is COC(=O)C[C@H]1CCCC(C(=O)N2C(C)CC(N(Cc3cc(C(F)(F)F)cc(C(F)(F)F)c3)c3ncc(-c4cnn(C)c4)cn3)C[C@H]2C)CC1. The Kier molecular flexibility index (Phi) is 11.1. The molecule has 0 spiro atoms. The minimum Gasteiger partial charge on any atom is -0.469 e. The van der Waals surface area contributed by atoms with E-state index in [9.17, 15) is 35.9 Å². The number of carbonyl (C=O) groups is 2. The molecule has 1 saturated heterocycles. The molecule has 5 rings (SSSR count). The van der Waals surface area contributed by atoms with Crippen molar-refractivity contribution >= 4 is 17.8 Å². The molecule has 272 valence electrons. The number of hydrogen-bond acceptors (Lipinski definition) is 7. The molecule has 0 N–H and O–H groups in total. The highest BCUT2D eigenvalue weighted by Gasteiger charge is 2.41. The lowest BCUT2D eigenvalue weighted by Gasteiger charge is -2.47. The number of aromatic nitrogens is 4. The second-order valence-electron chi connectivity index (χ2n) is 13.6. The van der Waals surface area contributed by atoms with Crippen molar-refractivity contribution in [3.8, 4) is 11.1 Å². The molecule has 2 aliphatic rings. The fourth-order valence-corrected chi connectivity index (χ4v) is 7.45. The van der Waals surface area contributed by atoms with Crippen LogP contribution in [-0.2, 0) is 40.3 Å². The van der Waals surface area contributed by atoms with Crippen molar-refractivity contribution in [2.45, 2.75) is 102 Å². The van der Waals surface area contributed by atoms with Crippen LogP contribution in [0.4, 0.5) is 32.3 Å². The lowest BCUT2D eigenvalue weighted by atomic mass is 9.88. The second kappa shape index (κ2) is 15.0. The van der Waals surface area contributed by atoms with Crippen LogP contribution in [0.25, 0.3) is 11.1 Å². The topological polar surface area (TPSA) is 93.5 Å². The van der Waals surface area contributed by atoms with E-state index >= 15 is 0 Å². The van der Waals surface area contributed by atoms with Crippen molar-refractivity contribution in [2.75, 3.05) is 12.0 Å². The lowest BCUT2D eigenvalue weighted by Crippen LogP contribution is -2.56. The van der Waals surface area contributed by atoms with Crippen LogP contribution >= 0.6 is 0 Å². The summed E-state index contributed by atoms with van der Waals surface area (Å²) < 4.78 is 89.1. The molecule has 50 heavy (non-hydrogen) atoms. The quantitative estimate of drug-likeness (QED) is 0.136. The summed E-state index contributed by atoms with van der Waals surface area (Å²) in [6.45, 7) is 3.50. The number of methoxy groups -OCH3 is 1. The van der Waals surface area contributed by atoms with Gasteiger partial charge in [0.1, 0.15) is 0 Å². The lowest BCUT2D eigenvalue weighted by molar-refractivity contribution is -0.144. The number of anilines is 1. The highest BCUT2D eigenvalue weighted by atomic mass is 19.4. The molecule has 1 saturated carbocycles. The van der Waals surface area contributed by atoms with Gasteiger partial charge in [0, 0.05) is 73.8 Å². The number of ether oxygens (including phenoxy) is 1. The zero-order valence-corrected chi connectivity index (χ0v) is 28.5. The van der Waals surface area contributed by atoms with Crippen LogP contribution in [0.5, 0.6) is 0 Å². The van der Waals surface area contributed by atoms with Gasteiger partial charge >= 0.3 is 18.3 Å². The fraction of sp³-hybridized carbons (Fsp3) is 0.571. The molecule has 0 radical (unpaired) electrons. The van der Waals surface area contributed by atoms with Gasteiger partial charge in [0.15, 0.2) is 0 Å². The van der Waals surface area contributed by atoms with E-state index in [2.05, 4.69) is 15.1 Å². The van der Waals surface area contributed by atoms with E-state index in [1.54, 1.807) is 41.4 Å². The third-order valence-corrected chi connectivity index (χ3v) is 9.93. The van der Waals surface area contributed by atoms with E-state index in [1.807, 2.05) is 18.7 Å². The van der Waals surface area contributed by atoms with Crippen molar-refractivity contribution < 1.29 is 40.7 Å². The predicted molar refractivity (Wildman–Crippen MR) is 172 cm³/mol. The second-order valence-corrected chi connectivity index (χ2v) is 13.6. The largest absolute Gasteiger partial charge is 0.469 e. The molecule has 5 atom stereocenters. The summed E-state index contributed by atoms with van der Waals surface area (Å²) in [5, 5.41) is 4.15. The van der Waals surface area contributed by atoms with Crippen LogP contribution in [0, 0.1) is 11.8 Å². The standard InChI is InChI=1S/C35H42F6N6O3/c1-21-10-30(11-22(2)47(21)32(49)25-7-5-6-23(8-9-25)14-31(48)50-4)46(33-42-16-26(17-43-33)27-18-44-45(3)20-27)19-24-12-28(34(36,37)38)15-29(13-24)35(39,40)41/h12-13,15-18,20-23,25,30H,5-11,14,19H2,1-4H3/t21-,22?,23+,25?,30?/m1/s1. The van der Waals surface area contributed by atoms with Crippen LogP contribution in [0.1, 0.15) is 81.9 Å². The Morgan fingerprint density at radius 3 is 2.04 bits per heavy atom. The molecule has 15 heteroatoms. The molecule has 9 nitrogen and oxygen atoms in total. The molecule has 2 aromatic heterocycles. The number of alkyl halides is 6. The number of aryl methyl sites for hydroxylation is 1. The number of hydrogen-bond donors (Lipinski definition) is 0. The third-order valence-electron chi connectivity index (χ3n) is 9.93. The number of esters is 1. The molecule has 1 aromatic carbocycles. The molecule has 1 aliphatic carbocycles.